The maximum absolute atomic E-state index is 12.2. The zero-order valence-electron chi connectivity index (χ0n) is 12.4. The molecule has 2 aromatic carbocycles. The van der Waals surface area contributed by atoms with Crippen molar-refractivity contribution in [3.63, 3.8) is 0 Å². The van der Waals surface area contributed by atoms with Gasteiger partial charge in [-0.2, -0.15) is 0 Å². The summed E-state index contributed by atoms with van der Waals surface area (Å²) in [5, 5.41) is 3.06. The van der Waals surface area contributed by atoms with Crippen LogP contribution < -0.4 is 5.32 Å². The summed E-state index contributed by atoms with van der Waals surface area (Å²) in [5.41, 5.74) is 5.49. The Hall–Kier alpha value is -2.09. The fourth-order valence-corrected chi connectivity index (χ4v) is 2.39. The topological polar surface area (TPSA) is 29.1 Å². The van der Waals surface area contributed by atoms with E-state index in [0.717, 1.165) is 23.2 Å². The molecule has 1 amide bonds. The molecular formula is C18H21NO. The van der Waals surface area contributed by atoms with Crippen molar-refractivity contribution in [3.05, 3.63) is 64.7 Å². The lowest BCUT2D eigenvalue weighted by molar-refractivity contribution is -0.115. The molecule has 1 N–H and O–H groups in total. The maximum Gasteiger partial charge on any atom is 0.228 e. The third kappa shape index (κ3) is 3.47. The lowest BCUT2D eigenvalue weighted by atomic mass is 10.0. The van der Waals surface area contributed by atoms with Gasteiger partial charge in [0, 0.05) is 5.69 Å². The van der Waals surface area contributed by atoms with E-state index in [9.17, 15) is 4.79 Å². The number of hydrogen-bond acceptors (Lipinski definition) is 1. The van der Waals surface area contributed by atoms with Crippen LogP contribution in [-0.4, -0.2) is 5.91 Å². The average molecular weight is 267 g/mol. The van der Waals surface area contributed by atoms with Crippen LogP contribution in [0.1, 0.15) is 29.2 Å². The molecule has 0 aliphatic rings. The molecule has 2 aromatic rings. The van der Waals surface area contributed by atoms with E-state index in [-0.39, 0.29) is 5.91 Å². The predicted molar refractivity (Wildman–Crippen MR) is 84.1 cm³/mol. The standard InChI is InChI=1S/C18H21NO/c1-4-16-10-6-8-14(3)18(16)19-17(20)12-15-9-5-7-13(2)11-15/h5-11H,4,12H2,1-3H3,(H,19,20). The quantitative estimate of drug-likeness (QED) is 0.889. The van der Waals surface area contributed by atoms with Gasteiger partial charge >= 0.3 is 0 Å². The smallest absolute Gasteiger partial charge is 0.228 e. The maximum atomic E-state index is 12.2. The summed E-state index contributed by atoms with van der Waals surface area (Å²) in [6.07, 6.45) is 1.33. The van der Waals surface area contributed by atoms with Crippen LogP contribution in [0.2, 0.25) is 0 Å². The molecule has 0 heterocycles. The first-order chi connectivity index (χ1) is 9.60. The number of para-hydroxylation sites is 1. The molecule has 0 saturated carbocycles. The van der Waals surface area contributed by atoms with Gasteiger partial charge in [0.2, 0.25) is 5.91 Å². The highest BCUT2D eigenvalue weighted by Crippen LogP contribution is 2.21. The lowest BCUT2D eigenvalue weighted by Crippen LogP contribution is -2.16. The Kier molecular flexibility index (Phi) is 4.57. The normalized spacial score (nSPS) is 10.3. The molecule has 0 bridgehead atoms. The van der Waals surface area contributed by atoms with Crippen LogP contribution in [0.25, 0.3) is 0 Å². The molecular weight excluding hydrogens is 246 g/mol. The second-order valence-corrected chi connectivity index (χ2v) is 5.18. The minimum Gasteiger partial charge on any atom is -0.325 e. The minimum absolute atomic E-state index is 0.0413. The summed E-state index contributed by atoms with van der Waals surface area (Å²) in [6, 6.07) is 14.2. The van der Waals surface area contributed by atoms with Crippen LogP contribution in [0.5, 0.6) is 0 Å². The molecule has 2 heteroatoms. The van der Waals surface area contributed by atoms with Crippen LogP contribution in [0, 0.1) is 13.8 Å². The zero-order valence-corrected chi connectivity index (χ0v) is 12.4. The van der Waals surface area contributed by atoms with E-state index < -0.39 is 0 Å². The highest BCUT2D eigenvalue weighted by Gasteiger charge is 2.09. The first-order valence-corrected chi connectivity index (χ1v) is 7.04. The van der Waals surface area contributed by atoms with Crippen molar-refractivity contribution in [2.75, 3.05) is 5.32 Å². The number of nitrogens with one attached hydrogen (secondary N) is 1. The molecule has 0 aliphatic heterocycles. The summed E-state index contributed by atoms with van der Waals surface area (Å²) in [5.74, 6) is 0.0413. The van der Waals surface area contributed by atoms with E-state index in [2.05, 4.69) is 24.4 Å². The van der Waals surface area contributed by atoms with Gasteiger partial charge in [-0.1, -0.05) is 55.0 Å². The minimum atomic E-state index is 0.0413. The number of carbonyl (C=O) groups excluding carboxylic acids is 1. The first-order valence-electron chi connectivity index (χ1n) is 7.04. The SMILES string of the molecule is CCc1cccc(C)c1NC(=O)Cc1cccc(C)c1. The molecule has 2 rings (SSSR count). The first kappa shape index (κ1) is 14.3. The van der Waals surface area contributed by atoms with Gasteiger partial charge in [-0.05, 0) is 37.0 Å². The Balaban J connectivity index is 2.12. The van der Waals surface area contributed by atoms with Crippen molar-refractivity contribution in [2.45, 2.75) is 33.6 Å². The lowest BCUT2D eigenvalue weighted by Gasteiger charge is -2.13. The number of hydrogen-bond donors (Lipinski definition) is 1. The second kappa shape index (κ2) is 6.38. The molecule has 0 radical (unpaired) electrons. The number of anilines is 1. The largest absolute Gasteiger partial charge is 0.325 e. The van der Waals surface area contributed by atoms with Gasteiger partial charge in [0.15, 0.2) is 0 Å². The van der Waals surface area contributed by atoms with Gasteiger partial charge in [0.1, 0.15) is 0 Å². The molecule has 0 aromatic heterocycles. The third-order valence-electron chi connectivity index (χ3n) is 3.45. The van der Waals surface area contributed by atoms with Gasteiger partial charge in [0.05, 0.1) is 6.42 Å². The van der Waals surface area contributed by atoms with Crippen molar-refractivity contribution in [1.29, 1.82) is 0 Å². The van der Waals surface area contributed by atoms with Crippen molar-refractivity contribution in [3.8, 4) is 0 Å². The molecule has 0 aliphatic carbocycles. The molecule has 0 saturated heterocycles. The third-order valence-corrected chi connectivity index (χ3v) is 3.45. The predicted octanol–water partition coefficient (Wildman–Crippen LogP) is 4.05. The van der Waals surface area contributed by atoms with Gasteiger partial charge in [-0.3, -0.25) is 4.79 Å². The fraction of sp³-hybridized carbons (Fsp3) is 0.278. The Labute approximate surface area is 120 Å². The monoisotopic (exact) mass is 267 g/mol. The van der Waals surface area contributed by atoms with E-state index >= 15 is 0 Å². The molecule has 104 valence electrons. The van der Waals surface area contributed by atoms with Gasteiger partial charge in [-0.25, -0.2) is 0 Å². The van der Waals surface area contributed by atoms with Gasteiger partial charge in [0.25, 0.3) is 0 Å². The van der Waals surface area contributed by atoms with Crippen LogP contribution in [-0.2, 0) is 17.6 Å². The Morgan fingerprint density at radius 2 is 1.85 bits per heavy atom. The van der Waals surface area contributed by atoms with E-state index in [4.69, 9.17) is 0 Å². The Morgan fingerprint density at radius 3 is 2.55 bits per heavy atom. The molecule has 0 atom stereocenters. The molecule has 0 unspecified atom stereocenters. The summed E-state index contributed by atoms with van der Waals surface area (Å²) in [6.45, 7) is 6.17. The number of amides is 1. The van der Waals surface area contributed by atoms with Crippen molar-refractivity contribution in [1.82, 2.24) is 0 Å². The van der Waals surface area contributed by atoms with Crippen molar-refractivity contribution < 1.29 is 4.79 Å². The zero-order chi connectivity index (χ0) is 14.5. The number of rotatable bonds is 4. The van der Waals surface area contributed by atoms with E-state index in [1.165, 1.54) is 11.1 Å². The summed E-state index contributed by atoms with van der Waals surface area (Å²) in [7, 11) is 0. The average Bonchev–Trinajstić information content (AvgIpc) is 2.41. The van der Waals surface area contributed by atoms with Crippen LogP contribution in [0.15, 0.2) is 42.5 Å². The van der Waals surface area contributed by atoms with Crippen molar-refractivity contribution >= 4 is 11.6 Å². The number of carbonyl (C=O) groups is 1. The second-order valence-electron chi connectivity index (χ2n) is 5.18. The molecule has 0 spiro atoms. The summed E-state index contributed by atoms with van der Waals surface area (Å²) < 4.78 is 0. The summed E-state index contributed by atoms with van der Waals surface area (Å²) >= 11 is 0. The number of aryl methyl sites for hydroxylation is 3. The highest BCUT2D eigenvalue weighted by atomic mass is 16.1. The van der Waals surface area contributed by atoms with E-state index in [1.54, 1.807) is 0 Å². The summed E-state index contributed by atoms with van der Waals surface area (Å²) in [4.78, 5) is 12.2. The molecule has 2 nitrogen and oxygen atoms in total. The Bertz CT molecular complexity index is 617. The molecule has 20 heavy (non-hydrogen) atoms. The molecule has 0 fully saturated rings. The fourth-order valence-electron chi connectivity index (χ4n) is 2.39. The van der Waals surface area contributed by atoms with E-state index in [1.807, 2.05) is 44.2 Å². The van der Waals surface area contributed by atoms with Crippen molar-refractivity contribution in [2.24, 2.45) is 0 Å². The van der Waals surface area contributed by atoms with Crippen LogP contribution >= 0.6 is 0 Å². The van der Waals surface area contributed by atoms with Gasteiger partial charge < -0.3 is 5.32 Å². The highest BCUT2D eigenvalue weighted by molar-refractivity contribution is 5.93. The van der Waals surface area contributed by atoms with Crippen LogP contribution in [0.4, 0.5) is 5.69 Å². The number of benzene rings is 2. The van der Waals surface area contributed by atoms with E-state index in [0.29, 0.717) is 6.42 Å². The van der Waals surface area contributed by atoms with Gasteiger partial charge in [-0.15, -0.1) is 0 Å². The Morgan fingerprint density at radius 1 is 1.10 bits per heavy atom. The van der Waals surface area contributed by atoms with Crippen LogP contribution in [0.3, 0.4) is 0 Å².